The highest BCUT2D eigenvalue weighted by molar-refractivity contribution is 5.69. The van der Waals surface area contributed by atoms with E-state index < -0.39 is 23.9 Å². The molecule has 0 saturated heterocycles. The molecule has 1 rings (SSSR count). The van der Waals surface area contributed by atoms with Gasteiger partial charge in [-0.1, -0.05) is 0 Å². The molecule has 102 valence electrons. The van der Waals surface area contributed by atoms with E-state index in [4.69, 9.17) is 4.74 Å². The first-order valence-corrected chi connectivity index (χ1v) is 5.54. The maximum Gasteiger partial charge on any atom is 0.435 e. The molecule has 1 atom stereocenters. The Morgan fingerprint density at radius 2 is 2.17 bits per heavy atom. The van der Waals surface area contributed by atoms with Crippen LogP contribution >= 0.6 is 0 Å². The molecule has 0 aromatic carbocycles. The smallest absolute Gasteiger partial charge is 0.435 e. The molecule has 0 aliphatic carbocycles. The average molecular weight is 264 g/mol. The fourth-order valence-corrected chi connectivity index (χ4v) is 1.62. The summed E-state index contributed by atoms with van der Waals surface area (Å²) in [5.41, 5.74) is -0.588. The van der Waals surface area contributed by atoms with Crippen molar-refractivity contribution in [1.82, 2.24) is 9.78 Å². The lowest BCUT2D eigenvalue weighted by molar-refractivity contribution is -0.144. The van der Waals surface area contributed by atoms with Crippen molar-refractivity contribution < 1.29 is 22.7 Å². The van der Waals surface area contributed by atoms with Crippen molar-refractivity contribution in [1.29, 1.82) is 0 Å². The zero-order valence-corrected chi connectivity index (χ0v) is 10.4. The largest absolute Gasteiger partial charge is 0.466 e. The Bertz CT molecular complexity index is 426. The van der Waals surface area contributed by atoms with E-state index in [2.05, 4.69) is 5.10 Å². The number of hydrogen-bond acceptors (Lipinski definition) is 3. The molecule has 0 radical (unpaired) electrons. The third-order valence-corrected chi connectivity index (χ3v) is 2.40. The third kappa shape index (κ3) is 3.48. The second kappa shape index (κ2) is 5.41. The van der Waals surface area contributed by atoms with Crippen LogP contribution in [0, 0.1) is 6.92 Å². The zero-order chi connectivity index (χ0) is 13.9. The van der Waals surface area contributed by atoms with Gasteiger partial charge in [-0.3, -0.25) is 9.48 Å². The summed E-state index contributed by atoms with van der Waals surface area (Å²) in [6.45, 7) is 5.06. The van der Waals surface area contributed by atoms with Crippen LogP contribution in [0.15, 0.2) is 6.07 Å². The first-order valence-electron chi connectivity index (χ1n) is 5.54. The Hall–Kier alpha value is -1.53. The molecule has 0 aliphatic rings. The van der Waals surface area contributed by atoms with E-state index >= 15 is 0 Å². The molecule has 1 aromatic rings. The maximum absolute atomic E-state index is 12.5. The lowest BCUT2D eigenvalue weighted by Crippen LogP contribution is -2.16. The monoisotopic (exact) mass is 264 g/mol. The van der Waals surface area contributed by atoms with Crippen LogP contribution < -0.4 is 0 Å². The lowest BCUT2D eigenvalue weighted by Gasteiger charge is -2.13. The Kier molecular flexibility index (Phi) is 4.37. The van der Waals surface area contributed by atoms with Gasteiger partial charge in [-0.25, -0.2) is 0 Å². The van der Waals surface area contributed by atoms with Crippen LogP contribution in [0.1, 0.15) is 37.7 Å². The topological polar surface area (TPSA) is 44.1 Å². The van der Waals surface area contributed by atoms with Crippen molar-refractivity contribution in [2.24, 2.45) is 0 Å². The molecule has 0 bridgehead atoms. The van der Waals surface area contributed by atoms with Gasteiger partial charge in [0.25, 0.3) is 0 Å². The molecule has 0 saturated carbocycles. The standard InChI is InChI=1S/C11H15F3N2O2/c1-4-18-10(17)6-8(3)16-7(2)5-9(15-16)11(12,13)14/h5,8H,4,6H2,1-3H3. The van der Waals surface area contributed by atoms with E-state index in [1.807, 2.05) is 0 Å². The number of halogens is 3. The van der Waals surface area contributed by atoms with Gasteiger partial charge < -0.3 is 4.74 Å². The highest BCUT2D eigenvalue weighted by atomic mass is 19.4. The van der Waals surface area contributed by atoms with Gasteiger partial charge in [0.15, 0.2) is 5.69 Å². The summed E-state index contributed by atoms with van der Waals surface area (Å²) in [6, 6.07) is 0.488. The molecule has 0 N–H and O–H groups in total. The van der Waals surface area contributed by atoms with E-state index in [-0.39, 0.29) is 13.0 Å². The number of nitrogens with zero attached hydrogens (tertiary/aromatic N) is 2. The van der Waals surface area contributed by atoms with Gasteiger partial charge in [0.1, 0.15) is 0 Å². The number of ether oxygens (including phenoxy) is 1. The van der Waals surface area contributed by atoms with Crippen LogP contribution in [0.25, 0.3) is 0 Å². The van der Waals surface area contributed by atoms with E-state index in [0.717, 1.165) is 6.07 Å². The molecule has 0 spiro atoms. The normalized spacial score (nSPS) is 13.4. The number of aryl methyl sites for hydroxylation is 1. The summed E-state index contributed by atoms with van der Waals surface area (Å²) in [7, 11) is 0. The van der Waals surface area contributed by atoms with Gasteiger partial charge in [0.2, 0.25) is 0 Å². The summed E-state index contributed by atoms with van der Waals surface area (Å²) in [6.07, 6.45) is -4.48. The minimum absolute atomic E-state index is 0.00629. The van der Waals surface area contributed by atoms with Crippen LogP contribution in [-0.4, -0.2) is 22.4 Å². The van der Waals surface area contributed by atoms with Crippen LogP contribution in [0.4, 0.5) is 13.2 Å². The number of rotatable bonds is 4. The lowest BCUT2D eigenvalue weighted by atomic mass is 10.2. The van der Waals surface area contributed by atoms with Crippen LogP contribution in [0.2, 0.25) is 0 Å². The highest BCUT2D eigenvalue weighted by Gasteiger charge is 2.35. The quantitative estimate of drug-likeness (QED) is 0.785. The molecular formula is C11H15F3N2O2. The number of esters is 1. The van der Waals surface area contributed by atoms with E-state index in [1.165, 1.54) is 11.6 Å². The maximum atomic E-state index is 12.5. The molecule has 0 aliphatic heterocycles. The molecule has 1 aromatic heterocycles. The fourth-order valence-electron chi connectivity index (χ4n) is 1.62. The summed E-state index contributed by atoms with van der Waals surface area (Å²) in [5, 5.41) is 3.48. The highest BCUT2D eigenvalue weighted by Crippen LogP contribution is 2.29. The fraction of sp³-hybridized carbons (Fsp3) is 0.636. The molecule has 4 nitrogen and oxygen atoms in total. The molecular weight excluding hydrogens is 249 g/mol. The number of hydrogen-bond donors (Lipinski definition) is 0. The zero-order valence-electron chi connectivity index (χ0n) is 10.4. The van der Waals surface area contributed by atoms with Crippen LogP contribution in [0.3, 0.4) is 0 Å². The minimum Gasteiger partial charge on any atom is -0.466 e. The summed E-state index contributed by atoms with van der Waals surface area (Å²) >= 11 is 0. The van der Waals surface area contributed by atoms with Crippen molar-refractivity contribution >= 4 is 5.97 Å². The summed E-state index contributed by atoms with van der Waals surface area (Å²) in [5.74, 6) is -0.451. The SMILES string of the molecule is CCOC(=O)CC(C)n1nc(C(F)(F)F)cc1C. The molecule has 0 amide bonds. The Morgan fingerprint density at radius 1 is 1.56 bits per heavy atom. The van der Waals surface area contributed by atoms with Crippen molar-refractivity contribution in [2.75, 3.05) is 6.61 Å². The number of carbonyl (C=O) groups excluding carboxylic acids is 1. The predicted molar refractivity (Wildman–Crippen MR) is 57.9 cm³/mol. The van der Waals surface area contributed by atoms with E-state index in [0.29, 0.717) is 5.69 Å². The molecule has 18 heavy (non-hydrogen) atoms. The Labute approximate surface area is 103 Å². The minimum atomic E-state index is -4.47. The second-order valence-corrected chi connectivity index (χ2v) is 3.97. The van der Waals surface area contributed by atoms with Crippen molar-refractivity contribution in [3.8, 4) is 0 Å². The number of aromatic nitrogens is 2. The molecule has 0 fully saturated rings. The van der Waals surface area contributed by atoms with Crippen molar-refractivity contribution in [3.63, 3.8) is 0 Å². The van der Waals surface area contributed by atoms with Gasteiger partial charge >= 0.3 is 12.1 Å². The van der Waals surface area contributed by atoms with Crippen LogP contribution in [-0.2, 0) is 15.7 Å². The van der Waals surface area contributed by atoms with Gasteiger partial charge in [-0.2, -0.15) is 18.3 Å². The first kappa shape index (κ1) is 14.5. The van der Waals surface area contributed by atoms with Gasteiger partial charge in [0, 0.05) is 5.69 Å². The first-order chi connectivity index (χ1) is 8.25. The predicted octanol–water partition coefficient (Wildman–Crippen LogP) is 2.72. The molecule has 1 heterocycles. The van der Waals surface area contributed by atoms with Gasteiger partial charge in [-0.15, -0.1) is 0 Å². The van der Waals surface area contributed by atoms with Crippen molar-refractivity contribution in [3.05, 3.63) is 17.5 Å². The Morgan fingerprint density at radius 3 is 2.61 bits per heavy atom. The summed E-state index contributed by atoms with van der Waals surface area (Å²) in [4.78, 5) is 11.3. The average Bonchev–Trinajstić information content (AvgIpc) is 2.60. The van der Waals surface area contributed by atoms with E-state index in [9.17, 15) is 18.0 Å². The Balaban J connectivity index is 2.83. The van der Waals surface area contributed by atoms with E-state index in [1.54, 1.807) is 13.8 Å². The number of alkyl halides is 3. The second-order valence-electron chi connectivity index (χ2n) is 3.97. The third-order valence-electron chi connectivity index (χ3n) is 2.40. The van der Waals surface area contributed by atoms with Crippen LogP contribution in [0.5, 0.6) is 0 Å². The number of carbonyl (C=O) groups is 1. The van der Waals surface area contributed by atoms with Crippen molar-refractivity contribution in [2.45, 2.75) is 39.4 Å². The molecule has 7 heteroatoms. The molecule has 1 unspecified atom stereocenters. The summed E-state index contributed by atoms with van der Waals surface area (Å²) < 4.78 is 43.3. The van der Waals surface area contributed by atoms with Gasteiger partial charge in [0.05, 0.1) is 19.1 Å². The van der Waals surface area contributed by atoms with Gasteiger partial charge in [-0.05, 0) is 26.8 Å².